The van der Waals surface area contributed by atoms with Gasteiger partial charge in [0.1, 0.15) is 0 Å². The number of carbonyl (C=O) groups is 2. The Morgan fingerprint density at radius 1 is 1.26 bits per heavy atom. The standard InChI is InChI=1S/C12H20N2O4S/c1-9(15)13-11-3-2-5-14(7-11)12(16)10-4-6-19(17,18)8-10/h10-11H,2-8H2,1H3,(H,13,15)/t10-,11-/m1/s1. The van der Waals surface area contributed by atoms with Crippen LogP contribution in [-0.2, 0) is 19.4 Å². The summed E-state index contributed by atoms with van der Waals surface area (Å²) in [6, 6.07) is -0.00629. The van der Waals surface area contributed by atoms with Crippen LogP contribution in [-0.4, -0.2) is 55.8 Å². The summed E-state index contributed by atoms with van der Waals surface area (Å²) in [6.45, 7) is 2.62. The van der Waals surface area contributed by atoms with E-state index in [9.17, 15) is 18.0 Å². The van der Waals surface area contributed by atoms with Gasteiger partial charge in [0.2, 0.25) is 11.8 Å². The molecule has 0 aliphatic carbocycles. The number of rotatable bonds is 2. The zero-order chi connectivity index (χ0) is 14.0. The Labute approximate surface area is 113 Å². The minimum absolute atomic E-state index is 0.00629. The minimum atomic E-state index is -3.03. The van der Waals surface area contributed by atoms with Crippen LogP contribution >= 0.6 is 0 Å². The molecule has 0 aromatic heterocycles. The molecular weight excluding hydrogens is 268 g/mol. The van der Waals surface area contributed by atoms with Gasteiger partial charge in [-0.15, -0.1) is 0 Å². The lowest BCUT2D eigenvalue weighted by molar-refractivity contribution is -0.136. The summed E-state index contributed by atoms with van der Waals surface area (Å²) in [5, 5.41) is 2.82. The Bertz CT molecular complexity index is 474. The molecule has 6 nitrogen and oxygen atoms in total. The number of nitrogens with zero attached hydrogens (tertiary/aromatic N) is 1. The van der Waals surface area contributed by atoms with Crippen molar-refractivity contribution < 1.29 is 18.0 Å². The smallest absolute Gasteiger partial charge is 0.226 e. The highest BCUT2D eigenvalue weighted by molar-refractivity contribution is 7.91. The van der Waals surface area contributed by atoms with Crippen molar-refractivity contribution in [2.75, 3.05) is 24.6 Å². The van der Waals surface area contributed by atoms with Gasteiger partial charge in [-0.05, 0) is 19.3 Å². The van der Waals surface area contributed by atoms with Crippen LogP contribution in [0.2, 0.25) is 0 Å². The number of piperidine rings is 1. The van der Waals surface area contributed by atoms with E-state index >= 15 is 0 Å². The van der Waals surface area contributed by atoms with Crippen molar-refractivity contribution in [2.45, 2.75) is 32.2 Å². The molecule has 2 heterocycles. The fourth-order valence-electron chi connectivity index (χ4n) is 2.83. The molecule has 2 fully saturated rings. The van der Waals surface area contributed by atoms with E-state index in [1.807, 2.05) is 0 Å². The number of amides is 2. The first-order valence-electron chi connectivity index (χ1n) is 6.64. The Balaban J connectivity index is 1.94. The van der Waals surface area contributed by atoms with Crippen LogP contribution in [0, 0.1) is 5.92 Å². The average Bonchev–Trinajstić information content (AvgIpc) is 2.68. The molecule has 7 heteroatoms. The molecule has 19 heavy (non-hydrogen) atoms. The van der Waals surface area contributed by atoms with Crippen LogP contribution < -0.4 is 5.32 Å². The molecule has 0 radical (unpaired) electrons. The van der Waals surface area contributed by atoms with E-state index in [2.05, 4.69) is 5.32 Å². The Morgan fingerprint density at radius 2 is 2.00 bits per heavy atom. The summed E-state index contributed by atoms with van der Waals surface area (Å²) in [6.07, 6.45) is 2.14. The molecule has 0 spiro atoms. The van der Waals surface area contributed by atoms with Gasteiger partial charge in [-0.1, -0.05) is 0 Å². The third-order valence-corrected chi connectivity index (χ3v) is 5.49. The van der Waals surface area contributed by atoms with E-state index in [0.717, 1.165) is 12.8 Å². The SMILES string of the molecule is CC(=O)N[C@@H]1CCCN(C(=O)[C@@H]2CCS(=O)(=O)C2)C1. The van der Waals surface area contributed by atoms with Crippen molar-refractivity contribution in [1.29, 1.82) is 0 Å². The van der Waals surface area contributed by atoms with Crippen LogP contribution in [0.3, 0.4) is 0 Å². The molecule has 0 saturated carbocycles. The first kappa shape index (κ1) is 14.3. The van der Waals surface area contributed by atoms with E-state index in [-0.39, 0.29) is 35.3 Å². The molecule has 0 aromatic carbocycles. The molecule has 2 amide bonds. The zero-order valence-electron chi connectivity index (χ0n) is 11.1. The number of sulfone groups is 1. The minimum Gasteiger partial charge on any atom is -0.352 e. The lowest BCUT2D eigenvalue weighted by atomic mass is 10.0. The second-order valence-corrected chi connectivity index (χ2v) is 7.65. The maximum absolute atomic E-state index is 12.3. The second-order valence-electron chi connectivity index (χ2n) is 5.42. The van der Waals surface area contributed by atoms with Crippen molar-refractivity contribution in [2.24, 2.45) is 5.92 Å². The van der Waals surface area contributed by atoms with Gasteiger partial charge in [-0.2, -0.15) is 0 Å². The lowest BCUT2D eigenvalue weighted by Gasteiger charge is -2.34. The molecule has 2 rings (SSSR count). The largest absolute Gasteiger partial charge is 0.352 e. The summed E-state index contributed by atoms with van der Waals surface area (Å²) in [5.41, 5.74) is 0. The Kier molecular flexibility index (Phi) is 4.13. The average molecular weight is 288 g/mol. The van der Waals surface area contributed by atoms with E-state index in [0.29, 0.717) is 19.5 Å². The quantitative estimate of drug-likeness (QED) is 0.746. The van der Waals surface area contributed by atoms with E-state index in [1.165, 1.54) is 6.92 Å². The Hall–Kier alpha value is -1.11. The highest BCUT2D eigenvalue weighted by Gasteiger charge is 2.36. The van der Waals surface area contributed by atoms with E-state index < -0.39 is 9.84 Å². The molecule has 0 unspecified atom stereocenters. The van der Waals surface area contributed by atoms with Crippen molar-refractivity contribution in [3.8, 4) is 0 Å². The van der Waals surface area contributed by atoms with Crippen molar-refractivity contribution in [3.05, 3.63) is 0 Å². The summed E-state index contributed by atoms with van der Waals surface area (Å²) in [4.78, 5) is 25.0. The van der Waals surface area contributed by atoms with Crippen LogP contribution in [0.5, 0.6) is 0 Å². The number of carbonyl (C=O) groups excluding carboxylic acids is 2. The van der Waals surface area contributed by atoms with Gasteiger partial charge in [0.15, 0.2) is 9.84 Å². The predicted molar refractivity (Wildman–Crippen MR) is 70.2 cm³/mol. The fourth-order valence-corrected chi connectivity index (χ4v) is 4.56. The van der Waals surface area contributed by atoms with Crippen LogP contribution in [0.1, 0.15) is 26.2 Å². The predicted octanol–water partition coefficient (Wildman–Crippen LogP) is -0.452. The van der Waals surface area contributed by atoms with Crippen molar-refractivity contribution in [3.63, 3.8) is 0 Å². The van der Waals surface area contributed by atoms with Crippen LogP contribution in [0.15, 0.2) is 0 Å². The van der Waals surface area contributed by atoms with Crippen molar-refractivity contribution >= 4 is 21.7 Å². The topological polar surface area (TPSA) is 83.6 Å². The zero-order valence-corrected chi connectivity index (χ0v) is 11.9. The van der Waals surface area contributed by atoms with Gasteiger partial charge in [0.25, 0.3) is 0 Å². The number of hydrogen-bond donors (Lipinski definition) is 1. The molecular formula is C12H20N2O4S. The summed E-state index contributed by atoms with van der Waals surface area (Å²) < 4.78 is 22.8. The lowest BCUT2D eigenvalue weighted by Crippen LogP contribution is -2.50. The van der Waals surface area contributed by atoms with Gasteiger partial charge in [0, 0.05) is 26.1 Å². The highest BCUT2D eigenvalue weighted by atomic mass is 32.2. The van der Waals surface area contributed by atoms with Gasteiger partial charge in [0.05, 0.1) is 17.4 Å². The molecule has 2 aliphatic heterocycles. The normalized spacial score (nSPS) is 30.1. The summed E-state index contributed by atoms with van der Waals surface area (Å²) in [5.74, 6) is -0.459. The number of nitrogens with one attached hydrogen (secondary N) is 1. The van der Waals surface area contributed by atoms with Gasteiger partial charge >= 0.3 is 0 Å². The molecule has 1 N–H and O–H groups in total. The van der Waals surface area contributed by atoms with Crippen molar-refractivity contribution in [1.82, 2.24) is 10.2 Å². The van der Waals surface area contributed by atoms with E-state index in [1.54, 1.807) is 4.90 Å². The maximum Gasteiger partial charge on any atom is 0.226 e. The molecule has 108 valence electrons. The molecule has 2 saturated heterocycles. The maximum atomic E-state index is 12.3. The molecule has 0 aromatic rings. The molecule has 0 bridgehead atoms. The fraction of sp³-hybridized carbons (Fsp3) is 0.833. The second kappa shape index (κ2) is 5.48. The third kappa shape index (κ3) is 3.68. The van der Waals surface area contributed by atoms with Gasteiger partial charge < -0.3 is 10.2 Å². The van der Waals surface area contributed by atoms with Crippen LogP contribution in [0.4, 0.5) is 0 Å². The highest BCUT2D eigenvalue weighted by Crippen LogP contribution is 2.22. The number of likely N-dealkylation sites (tertiary alicyclic amines) is 1. The van der Waals surface area contributed by atoms with Crippen LogP contribution in [0.25, 0.3) is 0 Å². The van der Waals surface area contributed by atoms with E-state index in [4.69, 9.17) is 0 Å². The first-order valence-corrected chi connectivity index (χ1v) is 8.46. The monoisotopic (exact) mass is 288 g/mol. The van der Waals surface area contributed by atoms with Gasteiger partial charge in [-0.3, -0.25) is 9.59 Å². The number of hydrogen-bond acceptors (Lipinski definition) is 4. The summed E-state index contributed by atoms with van der Waals surface area (Å²) in [7, 11) is -3.03. The Morgan fingerprint density at radius 3 is 2.58 bits per heavy atom. The molecule has 2 atom stereocenters. The molecule has 2 aliphatic rings. The van der Waals surface area contributed by atoms with Gasteiger partial charge in [-0.25, -0.2) is 8.42 Å². The third-order valence-electron chi connectivity index (χ3n) is 3.72. The summed E-state index contributed by atoms with van der Waals surface area (Å²) >= 11 is 0. The first-order chi connectivity index (χ1) is 8.87.